The summed E-state index contributed by atoms with van der Waals surface area (Å²) in [5.74, 6) is 0. The Hall–Kier alpha value is -7.30. The highest BCUT2D eigenvalue weighted by molar-refractivity contribution is 6.18. The molecule has 0 amide bonds. The standard InChI is InChI=1S/C54H40N2O2/c1-33-15-17-35(3)49(23-33)55(41-11-7-5-8-12-41)43-21-19-37-27-45-47-31-54-48(32-53(47)57-51(45)29-39(37)25-43)46-28-38-20-22-44(26-40(38)30-52(46)58-54)56(42-13-9-6-10-14-42)50-24-34(2)16-18-36(50)4/h5-32H,1-4H3. The molecule has 0 atom stereocenters. The van der Waals surface area contributed by atoms with E-state index >= 15 is 0 Å². The molecule has 4 heteroatoms. The first-order chi connectivity index (χ1) is 28.3. The van der Waals surface area contributed by atoms with Crippen LogP contribution < -0.4 is 9.80 Å². The second kappa shape index (κ2) is 13.1. The van der Waals surface area contributed by atoms with Gasteiger partial charge >= 0.3 is 0 Å². The molecule has 0 aliphatic heterocycles. The van der Waals surface area contributed by atoms with Crippen molar-refractivity contribution in [1.82, 2.24) is 0 Å². The summed E-state index contributed by atoms with van der Waals surface area (Å²) in [5, 5.41) is 8.82. The number of anilines is 6. The molecule has 0 aliphatic rings. The maximum Gasteiger partial charge on any atom is 0.136 e. The second-order valence-electron chi connectivity index (χ2n) is 15.7. The Morgan fingerprint density at radius 1 is 0.310 bits per heavy atom. The molecule has 0 saturated carbocycles. The molecule has 0 spiro atoms. The first-order valence-electron chi connectivity index (χ1n) is 19.9. The summed E-state index contributed by atoms with van der Waals surface area (Å²) in [6, 6.07) is 61.1. The van der Waals surface area contributed by atoms with E-state index in [-0.39, 0.29) is 0 Å². The largest absolute Gasteiger partial charge is 0.456 e. The van der Waals surface area contributed by atoms with Crippen LogP contribution in [0.2, 0.25) is 0 Å². The quantitative estimate of drug-likeness (QED) is 0.170. The summed E-state index contributed by atoms with van der Waals surface area (Å²) < 4.78 is 13.3. The van der Waals surface area contributed by atoms with Crippen LogP contribution in [-0.2, 0) is 0 Å². The molecule has 0 bridgehead atoms. The Balaban J connectivity index is 1.01. The summed E-state index contributed by atoms with van der Waals surface area (Å²) in [7, 11) is 0. The van der Waals surface area contributed by atoms with Crippen molar-refractivity contribution in [1.29, 1.82) is 0 Å². The third kappa shape index (κ3) is 5.60. The number of nitrogens with zero attached hydrogens (tertiary/aromatic N) is 2. The number of aryl methyl sites for hydroxylation is 4. The van der Waals surface area contributed by atoms with Gasteiger partial charge in [-0.05, 0) is 169 Å². The van der Waals surface area contributed by atoms with Crippen LogP contribution in [0.4, 0.5) is 34.1 Å². The Labute approximate surface area is 336 Å². The predicted molar refractivity (Wildman–Crippen MR) is 244 cm³/mol. The number of para-hydroxylation sites is 2. The van der Waals surface area contributed by atoms with E-state index in [1.807, 2.05) is 0 Å². The molecule has 278 valence electrons. The minimum absolute atomic E-state index is 0.851. The predicted octanol–water partition coefficient (Wildman–Crippen LogP) is 16.0. The molecule has 0 radical (unpaired) electrons. The molecule has 2 aromatic heterocycles. The fraction of sp³-hybridized carbons (Fsp3) is 0.0741. The van der Waals surface area contributed by atoms with Crippen molar-refractivity contribution in [2.75, 3.05) is 9.80 Å². The number of hydrogen-bond donors (Lipinski definition) is 0. The molecular weight excluding hydrogens is 709 g/mol. The zero-order valence-corrected chi connectivity index (χ0v) is 32.9. The van der Waals surface area contributed by atoms with Crippen molar-refractivity contribution in [2.24, 2.45) is 0 Å². The van der Waals surface area contributed by atoms with Gasteiger partial charge in [0.15, 0.2) is 0 Å². The van der Waals surface area contributed by atoms with Crippen LogP contribution in [-0.4, -0.2) is 0 Å². The molecule has 58 heavy (non-hydrogen) atoms. The Bertz CT molecular complexity index is 3170. The summed E-state index contributed by atoms with van der Waals surface area (Å²) in [6.45, 7) is 8.65. The van der Waals surface area contributed by atoms with Crippen molar-refractivity contribution in [2.45, 2.75) is 27.7 Å². The lowest BCUT2D eigenvalue weighted by molar-refractivity contribution is 0.664. The van der Waals surface area contributed by atoms with Gasteiger partial charge in [0.1, 0.15) is 22.3 Å². The van der Waals surface area contributed by atoms with Crippen LogP contribution in [0.1, 0.15) is 22.3 Å². The van der Waals surface area contributed by atoms with Crippen molar-refractivity contribution >= 4 is 99.5 Å². The smallest absolute Gasteiger partial charge is 0.136 e. The van der Waals surface area contributed by atoms with E-state index in [1.165, 1.54) is 33.6 Å². The van der Waals surface area contributed by atoms with E-state index in [4.69, 9.17) is 8.83 Å². The normalized spacial score (nSPS) is 11.8. The molecule has 11 aromatic rings. The zero-order valence-electron chi connectivity index (χ0n) is 32.9. The fourth-order valence-corrected chi connectivity index (χ4v) is 8.71. The monoisotopic (exact) mass is 748 g/mol. The first kappa shape index (κ1) is 34.0. The SMILES string of the molecule is Cc1ccc(C)c(N(c2ccccc2)c2ccc3cc4c(cc3c2)oc2cc3c(cc24)oc2cc4cc(N(c5ccccc5)c5cc(C)ccc5C)ccc4cc23)c1. The van der Waals surface area contributed by atoms with E-state index in [0.717, 1.165) is 88.2 Å². The minimum Gasteiger partial charge on any atom is -0.456 e. The number of benzene rings is 9. The highest BCUT2D eigenvalue weighted by atomic mass is 16.3. The number of hydrogen-bond acceptors (Lipinski definition) is 4. The molecule has 0 unspecified atom stereocenters. The zero-order chi connectivity index (χ0) is 39.1. The van der Waals surface area contributed by atoms with Crippen molar-refractivity contribution in [3.63, 3.8) is 0 Å². The number of rotatable bonds is 6. The van der Waals surface area contributed by atoms with E-state index in [9.17, 15) is 0 Å². The molecule has 0 aliphatic carbocycles. The van der Waals surface area contributed by atoms with Gasteiger partial charge in [-0.25, -0.2) is 0 Å². The summed E-state index contributed by atoms with van der Waals surface area (Å²) in [4.78, 5) is 4.69. The van der Waals surface area contributed by atoms with Crippen molar-refractivity contribution in [3.05, 3.63) is 192 Å². The molecule has 4 nitrogen and oxygen atoms in total. The molecule has 0 fully saturated rings. The van der Waals surface area contributed by atoms with Gasteiger partial charge in [0.25, 0.3) is 0 Å². The lowest BCUT2D eigenvalue weighted by Gasteiger charge is -2.27. The summed E-state index contributed by atoms with van der Waals surface area (Å²) in [6.07, 6.45) is 0. The number of fused-ring (bicyclic) bond motifs is 8. The minimum atomic E-state index is 0.851. The van der Waals surface area contributed by atoms with Gasteiger partial charge in [-0.15, -0.1) is 0 Å². The van der Waals surface area contributed by atoms with Gasteiger partial charge in [0, 0.05) is 55.7 Å². The van der Waals surface area contributed by atoms with Gasteiger partial charge in [0.05, 0.1) is 0 Å². The van der Waals surface area contributed by atoms with Crippen LogP contribution in [0.3, 0.4) is 0 Å². The molecule has 0 saturated heterocycles. The summed E-state index contributed by atoms with van der Waals surface area (Å²) >= 11 is 0. The Kier molecular flexibility index (Phi) is 7.70. The maximum absolute atomic E-state index is 6.66. The van der Waals surface area contributed by atoms with Crippen LogP contribution >= 0.6 is 0 Å². The van der Waals surface area contributed by atoms with Crippen LogP contribution in [0.5, 0.6) is 0 Å². The topological polar surface area (TPSA) is 32.8 Å². The van der Waals surface area contributed by atoms with Gasteiger partial charge in [-0.2, -0.15) is 0 Å². The molecule has 0 N–H and O–H groups in total. The van der Waals surface area contributed by atoms with Crippen molar-refractivity contribution < 1.29 is 8.83 Å². The highest BCUT2D eigenvalue weighted by Gasteiger charge is 2.20. The fourth-order valence-electron chi connectivity index (χ4n) is 8.71. The average molecular weight is 749 g/mol. The van der Waals surface area contributed by atoms with Crippen LogP contribution in [0.15, 0.2) is 179 Å². The van der Waals surface area contributed by atoms with Crippen LogP contribution in [0.25, 0.3) is 65.4 Å². The van der Waals surface area contributed by atoms with Crippen molar-refractivity contribution in [3.8, 4) is 0 Å². The van der Waals surface area contributed by atoms with Gasteiger partial charge in [-0.1, -0.05) is 72.8 Å². The van der Waals surface area contributed by atoms with E-state index in [0.29, 0.717) is 0 Å². The van der Waals surface area contributed by atoms with E-state index in [1.54, 1.807) is 0 Å². The van der Waals surface area contributed by atoms with E-state index in [2.05, 4.69) is 207 Å². The maximum atomic E-state index is 6.66. The molecule has 11 rings (SSSR count). The molecule has 9 aromatic carbocycles. The van der Waals surface area contributed by atoms with Crippen LogP contribution in [0, 0.1) is 27.7 Å². The third-order valence-electron chi connectivity index (χ3n) is 11.7. The van der Waals surface area contributed by atoms with Gasteiger partial charge in [-0.3, -0.25) is 0 Å². The first-order valence-corrected chi connectivity index (χ1v) is 19.9. The average Bonchev–Trinajstić information content (AvgIpc) is 3.77. The molecular formula is C54H40N2O2. The van der Waals surface area contributed by atoms with Gasteiger partial charge in [0.2, 0.25) is 0 Å². The van der Waals surface area contributed by atoms with Gasteiger partial charge < -0.3 is 18.6 Å². The highest BCUT2D eigenvalue weighted by Crippen LogP contribution is 2.43. The third-order valence-corrected chi connectivity index (χ3v) is 11.7. The molecule has 2 heterocycles. The van der Waals surface area contributed by atoms with E-state index < -0.39 is 0 Å². The Morgan fingerprint density at radius 3 is 1.14 bits per heavy atom. The summed E-state index contributed by atoms with van der Waals surface area (Å²) in [5.41, 5.74) is 15.1. The second-order valence-corrected chi connectivity index (χ2v) is 15.7. The lowest BCUT2D eigenvalue weighted by Crippen LogP contribution is -2.11. The lowest BCUT2D eigenvalue weighted by atomic mass is 10.0. The number of furan rings is 2. The Morgan fingerprint density at radius 2 is 0.707 bits per heavy atom.